The lowest BCUT2D eigenvalue weighted by atomic mass is 10.1. The number of benzene rings is 1. The van der Waals surface area contributed by atoms with Crippen molar-refractivity contribution in [2.24, 2.45) is 5.73 Å². The lowest BCUT2D eigenvalue weighted by Gasteiger charge is -2.13. The molecule has 0 aliphatic rings. The predicted octanol–water partition coefficient (Wildman–Crippen LogP) is 3.07. The SMILES string of the molecule is NCc1cc(F)cc(Br)c1C(F)(F)F. The highest BCUT2D eigenvalue weighted by Crippen LogP contribution is 2.37. The summed E-state index contributed by atoms with van der Waals surface area (Å²) in [5, 5.41) is 0. The van der Waals surface area contributed by atoms with Crippen molar-refractivity contribution in [1.29, 1.82) is 0 Å². The van der Waals surface area contributed by atoms with E-state index in [1.54, 1.807) is 0 Å². The second-order valence-corrected chi connectivity index (χ2v) is 3.48. The van der Waals surface area contributed by atoms with Crippen molar-refractivity contribution in [3.63, 3.8) is 0 Å². The Kier molecular flexibility index (Phi) is 3.16. The molecule has 0 heterocycles. The molecule has 0 amide bonds. The van der Waals surface area contributed by atoms with Crippen LogP contribution in [0.2, 0.25) is 0 Å². The number of halogens is 5. The fourth-order valence-corrected chi connectivity index (χ4v) is 1.80. The van der Waals surface area contributed by atoms with E-state index in [4.69, 9.17) is 5.73 Å². The van der Waals surface area contributed by atoms with Gasteiger partial charge in [0.05, 0.1) is 5.56 Å². The van der Waals surface area contributed by atoms with Crippen LogP contribution >= 0.6 is 15.9 Å². The zero-order chi connectivity index (χ0) is 10.9. The summed E-state index contributed by atoms with van der Waals surface area (Å²) in [4.78, 5) is 0. The molecular formula is C8H6BrF4N. The zero-order valence-electron chi connectivity index (χ0n) is 6.83. The minimum absolute atomic E-state index is 0.260. The maximum Gasteiger partial charge on any atom is 0.417 e. The standard InChI is InChI=1S/C8H6BrF4N/c9-6-2-5(10)1-4(3-14)7(6)8(11,12)13/h1-2H,3,14H2. The molecule has 0 bridgehead atoms. The summed E-state index contributed by atoms with van der Waals surface area (Å²) in [5.41, 5.74) is 3.92. The Hall–Kier alpha value is -0.620. The van der Waals surface area contributed by atoms with E-state index < -0.39 is 17.6 Å². The van der Waals surface area contributed by atoms with E-state index in [1.807, 2.05) is 0 Å². The Bertz CT molecular complexity index is 348. The first-order chi connectivity index (χ1) is 6.36. The Morgan fingerprint density at radius 1 is 1.29 bits per heavy atom. The number of rotatable bonds is 1. The molecule has 0 saturated heterocycles. The summed E-state index contributed by atoms with van der Waals surface area (Å²) in [5.74, 6) is -0.745. The van der Waals surface area contributed by atoms with E-state index in [0.29, 0.717) is 0 Å². The summed E-state index contributed by atoms with van der Waals surface area (Å²) in [6.07, 6.45) is -4.53. The minimum Gasteiger partial charge on any atom is -0.326 e. The van der Waals surface area contributed by atoms with Gasteiger partial charge in [-0.25, -0.2) is 4.39 Å². The van der Waals surface area contributed by atoms with Gasteiger partial charge in [-0.15, -0.1) is 0 Å². The molecule has 0 radical (unpaired) electrons. The van der Waals surface area contributed by atoms with Gasteiger partial charge in [-0.3, -0.25) is 0 Å². The lowest BCUT2D eigenvalue weighted by Crippen LogP contribution is -2.13. The molecule has 0 aromatic heterocycles. The fourth-order valence-electron chi connectivity index (χ4n) is 1.11. The van der Waals surface area contributed by atoms with Crippen LogP contribution in [0.5, 0.6) is 0 Å². The van der Waals surface area contributed by atoms with E-state index in [9.17, 15) is 17.6 Å². The van der Waals surface area contributed by atoms with Gasteiger partial charge < -0.3 is 5.73 Å². The Morgan fingerprint density at radius 3 is 2.29 bits per heavy atom. The van der Waals surface area contributed by atoms with Crippen molar-refractivity contribution in [1.82, 2.24) is 0 Å². The second-order valence-electron chi connectivity index (χ2n) is 2.62. The van der Waals surface area contributed by atoms with Gasteiger partial charge in [0.1, 0.15) is 5.82 Å². The van der Waals surface area contributed by atoms with Crippen LogP contribution in [-0.4, -0.2) is 0 Å². The van der Waals surface area contributed by atoms with Gasteiger partial charge in [0.25, 0.3) is 0 Å². The molecule has 0 unspecified atom stereocenters. The van der Waals surface area contributed by atoms with Gasteiger partial charge in [-0.2, -0.15) is 13.2 Å². The van der Waals surface area contributed by atoms with E-state index >= 15 is 0 Å². The largest absolute Gasteiger partial charge is 0.417 e. The van der Waals surface area contributed by atoms with Gasteiger partial charge >= 0.3 is 6.18 Å². The Labute approximate surface area is 86.0 Å². The number of hydrogen-bond donors (Lipinski definition) is 1. The molecule has 1 rings (SSSR count). The first-order valence-electron chi connectivity index (χ1n) is 3.61. The average molecular weight is 272 g/mol. The molecule has 0 aliphatic carbocycles. The third kappa shape index (κ3) is 2.24. The highest BCUT2D eigenvalue weighted by molar-refractivity contribution is 9.10. The monoisotopic (exact) mass is 271 g/mol. The zero-order valence-corrected chi connectivity index (χ0v) is 8.41. The number of alkyl halides is 3. The number of hydrogen-bond acceptors (Lipinski definition) is 1. The van der Waals surface area contributed by atoms with E-state index in [-0.39, 0.29) is 16.6 Å². The third-order valence-electron chi connectivity index (χ3n) is 1.64. The van der Waals surface area contributed by atoms with Gasteiger partial charge in [-0.05, 0) is 17.7 Å². The summed E-state index contributed by atoms with van der Waals surface area (Å²) >= 11 is 2.66. The molecule has 0 spiro atoms. The molecule has 0 aliphatic heterocycles. The molecule has 1 aromatic rings. The first kappa shape index (κ1) is 11.5. The quantitative estimate of drug-likeness (QED) is 0.781. The lowest BCUT2D eigenvalue weighted by molar-refractivity contribution is -0.138. The van der Waals surface area contributed by atoms with Crippen molar-refractivity contribution in [2.45, 2.75) is 12.7 Å². The highest BCUT2D eigenvalue weighted by Gasteiger charge is 2.35. The van der Waals surface area contributed by atoms with Crippen LogP contribution in [0.1, 0.15) is 11.1 Å². The van der Waals surface area contributed by atoms with Crippen molar-refractivity contribution in [3.8, 4) is 0 Å². The van der Waals surface area contributed by atoms with Crippen LogP contribution in [-0.2, 0) is 12.7 Å². The second kappa shape index (κ2) is 3.86. The van der Waals surface area contributed by atoms with Crippen molar-refractivity contribution < 1.29 is 17.6 Å². The molecular weight excluding hydrogens is 266 g/mol. The molecule has 0 fully saturated rings. The normalized spacial score (nSPS) is 11.9. The smallest absolute Gasteiger partial charge is 0.326 e. The number of nitrogens with two attached hydrogens (primary N) is 1. The molecule has 0 saturated carbocycles. The van der Waals surface area contributed by atoms with Crippen molar-refractivity contribution >= 4 is 15.9 Å². The summed E-state index contributed by atoms with van der Waals surface area (Å²) in [7, 11) is 0. The van der Waals surface area contributed by atoms with Crippen LogP contribution < -0.4 is 5.73 Å². The fraction of sp³-hybridized carbons (Fsp3) is 0.250. The summed E-state index contributed by atoms with van der Waals surface area (Å²) in [6, 6.07) is 1.55. The van der Waals surface area contributed by atoms with Crippen molar-refractivity contribution in [3.05, 3.63) is 33.5 Å². The van der Waals surface area contributed by atoms with Crippen LogP contribution in [0.3, 0.4) is 0 Å². The van der Waals surface area contributed by atoms with Crippen LogP contribution in [0.4, 0.5) is 17.6 Å². The highest BCUT2D eigenvalue weighted by atomic mass is 79.9. The summed E-state index contributed by atoms with van der Waals surface area (Å²) in [6.45, 7) is -0.356. The molecule has 0 atom stereocenters. The van der Waals surface area contributed by atoms with E-state index in [2.05, 4.69) is 15.9 Å². The van der Waals surface area contributed by atoms with Gasteiger partial charge in [-0.1, -0.05) is 15.9 Å². The maximum atomic E-state index is 12.7. The minimum atomic E-state index is -4.53. The van der Waals surface area contributed by atoms with Crippen LogP contribution in [0.25, 0.3) is 0 Å². The van der Waals surface area contributed by atoms with Gasteiger partial charge in [0, 0.05) is 11.0 Å². The van der Waals surface area contributed by atoms with Gasteiger partial charge in [0.15, 0.2) is 0 Å². The predicted molar refractivity (Wildman–Crippen MR) is 47.0 cm³/mol. The molecule has 2 N–H and O–H groups in total. The first-order valence-corrected chi connectivity index (χ1v) is 4.40. The Balaban J connectivity index is 3.40. The molecule has 78 valence electrons. The molecule has 1 nitrogen and oxygen atoms in total. The van der Waals surface area contributed by atoms with E-state index in [0.717, 1.165) is 12.1 Å². The van der Waals surface area contributed by atoms with Crippen LogP contribution in [0, 0.1) is 5.82 Å². The molecule has 6 heteroatoms. The molecule has 14 heavy (non-hydrogen) atoms. The maximum absolute atomic E-state index is 12.7. The Morgan fingerprint density at radius 2 is 1.86 bits per heavy atom. The molecule has 1 aromatic carbocycles. The third-order valence-corrected chi connectivity index (χ3v) is 2.27. The van der Waals surface area contributed by atoms with Crippen LogP contribution in [0.15, 0.2) is 16.6 Å². The average Bonchev–Trinajstić information content (AvgIpc) is 1.99. The van der Waals surface area contributed by atoms with Gasteiger partial charge in [0.2, 0.25) is 0 Å². The van der Waals surface area contributed by atoms with E-state index in [1.165, 1.54) is 0 Å². The summed E-state index contributed by atoms with van der Waals surface area (Å²) < 4.78 is 49.7. The van der Waals surface area contributed by atoms with Crippen molar-refractivity contribution in [2.75, 3.05) is 0 Å². The topological polar surface area (TPSA) is 26.0 Å².